The summed E-state index contributed by atoms with van der Waals surface area (Å²) in [6.07, 6.45) is 0. The van der Waals surface area contributed by atoms with Crippen LogP contribution in [0.3, 0.4) is 0 Å². The number of hydrogen-bond donors (Lipinski definition) is 0. The maximum Gasteiger partial charge on any atom is 0.143 e. The van der Waals surface area contributed by atoms with E-state index in [1.807, 2.05) is 26.0 Å². The van der Waals surface area contributed by atoms with Crippen molar-refractivity contribution in [2.24, 2.45) is 10.3 Å². The van der Waals surface area contributed by atoms with E-state index >= 15 is 0 Å². The SMILES string of the molecule is CO/N=C(/C)c1cccc(C)c1CO/N=C(\C)c1cccc(C(C)(C)C)c1. The topological polar surface area (TPSA) is 43.2 Å². The lowest BCUT2D eigenvalue weighted by molar-refractivity contribution is 0.130. The average Bonchev–Trinajstić information content (AvgIpc) is 2.62. The van der Waals surface area contributed by atoms with E-state index in [-0.39, 0.29) is 5.41 Å². The minimum Gasteiger partial charge on any atom is -0.399 e. The molecule has 4 nitrogen and oxygen atoms in total. The van der Waals surface area contributed by atoms with Crippen molar-refractivity contribution in [1.29, 1.82) is 0 Å². The zero-order valence-corrected chi connectivity index (χ0v) is 17.5. The average molecular weight is 367 g/mol. The standard InChI is InChI=1S/C23H30N2O2/c1-16-10-8-13-21(18(3)24-26-7)22(16)15-27-25-17(2)19-11-9-12-20(14-19)23(4,5)6/h8-14H,15H2,1-7H3/b24-18-,25-17+. The minimum atomic E-state index is 0.103. The Labute approximate surface area is 162 Å². The summed E-state index contributed by atoms with van der Waals surface area (Å²) in [7, 11) is 1.55. The van der Waals surface area contributed by atoms with E-state index < -0.39 is 0 Å². The van der Waals surface area contributed by atoms with Gasteiger partial charge in [0.25, 0.3) is 0 Å². The number of hydrogen-bond acceptors (Lipinski definition) is 4. The van der Waals surface area contributed by atoms with Crippen LogP contribution in [0.2, 0.25) is 0 Å². The maximum absolute atomic E-state index is 5.70. The molecule has 0 saturated heterocycles. The highest BCUT2D eigenvalue weighted by Gasteiger charge is 2.14. The second-order valence-corrected chi connectivity index (χ2v) is 7.74. The number of oxime groups is 2. The summed E-state index contributed by atoms with van der Waals surface area (Å²) in [5, 5.41) is 8.39. The fraction of sp³-hybridized carbons (Fsp3) is 0.391. The molecule has 144 valence electrons. The van der Waals surface area contributed by atoms with Gasteiger partial charge >= 0.3 is 0 Å². The fourth-order valence-electron chi connectivity index (χ4n) is 2.88. The molecule has 4 heteroatoms. The molecule has 0 heterocycles. The summed E-state index contributed by atoms with van der Waals surface area (Å²) in [6, 6.07) is 14.5. The van der Waals surface area contributed by atoms with Crippen molar-refractivity contribution < 1.29 is 9.68 Å². The first kappa shape index (κ1) is 20.7. The third-order valence-corrected chi connectivity index (χ3v) is 4.58. The Morgan fingerprint density at radius 2 is 1.67 bits per heavy atom. The van der Waals surface area contributed by atoms with Crippen molar-refractivity contribution in [3.63, 3.8) is 0 Å². The van der Waals surface area contributed by atoms with E-state index in [1.165, 1.54) is 5.56 Å². The minimum absolute atomic E-state index is 0.103. The number of benzene rings is 2. The molecular weight excluding hydrogens is 336 g/mol. The van der Waals surface area contributed by atoms with Gasteiger partial charge in [-0.05, 0) is 48.9 Å². The largest absolute Gasteiger partial charge is 0.399 e. The summed E-state index contributed by atoms with van der Waals surface area (Å²) < 4.78 is 0. The highest BCUT2D eigenvalue weighted by molar-refractivity contribution is 6.00. The van der Waals surface area contributed by atoms with E-state index in [0.717, 1.165) is 33.7 Å². The first-order valence-electron chi connectivity index (χ1n) is 9.18. The van der Waals surface area contributed by atoms with Crippen LogP contribution in [0.1, 0.15) is 62.4 Å². The van der Waals surface area contributed by atoms with Gasteiger partial charge in [0.05, 0.1) is 11.4 Å². The van der Waals surface area contributed by atoms with E-state index in [1.54, 1.807) is 7.11 Å². The molecule has 2 rings (SSSR count). The van der Waals surface area contributed by atoms with Gasteiger partial charge in [0.1, 0.15) is 13.7 Å². The Morgan fingerprint density at radius 3 is 2.33 bits per heavy atom. The first-order chi connectivity index (χ1) is 12.7. The van der Waals surface area contributed by atoms with E-state index in [9.17, 15) is 0 Å². The van der Waals surface area contributed by atoms with Crippen LogP contribution in [0.4, 0.5) is 0 Å². The molecule has 0 spiro atoms. The molecule has 0 saturated carbocycles. The molecule has 0 radical (unpaired) electrons. The predicted molar refractivity (Wildman–Crippen MR) is 113 cm³/mol. The number of rotatable bonds is 6. The smallest absolute Gasteiger partial charge is 0.143 e. The molecule has 0 aliphatic carbocycles. The second-order valence-electron chi connectivity index (χ2n) is 7.74. The first-order valence-corrected chi connectivity index (χ1v) is 9.18. The van der Waals surface area contributed by atoms with Crippen molar-refractivity contribution in [3.05, 3.63) is 70.3 Å². The van der Waals surface area contributed by atoms with Crippen molar-refractivity contribution in [1.82, 2.24) is 0 Å². The summed E-state index contributed by atoms with van der Waals surface area (Å²) in [4.78, 5) is 10.6. The zero-order valence-electron chi connectivity index (χ0n) is 17.5. The van der Waals surface area contributed by atoms with Gasteiger partial charge in [-0.3, -0.25) is 0 Å². The van der Waals surface area contributed by atoms with Gasteiger partial charge in [-0.1, -0.05) is 67.5 Å². The van der Waals surface area contributed by atoms with E-state index in [2.05, 4.69) is 68.3 Å². The summed E-state index contributed by atoms with van der Waals surface area (Å²) >= 11 is 0. The third-order valence-electron chi connectivity index (χ3n) is 4.58. The monoisotopic (exact) mass is 366 g/mol. The molecule has 0 bridgehead atoms. The van der Waals surface area contributed by atoms with E-state index in [4.69, 9.17) is 9.68 Å². The molecule has 0 aliphatic heterocycles. The van der Waals surface area contributed by atoms with Crippen LogP contribution in [-0.4, -0.2) is 18.5 Å². The predicted octanol–water partition coefficient (Wildman–Crippen LogP) is 5.60. The Bertz CT molecular complexity index is 846. The molecular formula is C23H30N2O2. The normalized spacial score (nSPS) is 12.9. The molecule has 0 atom stereocenters. The second kappa shape index (κ2) is 8.85. The molecule has 0 amide bonds. The molecule has 2 aromatic rings. The van der Waals surface area contributed by atoms with Crippen LogP contribution in [-0.2, 0) is 21.7 Å². The van der Waals surface area contributed by atoms with E-state index in [0.29, 0.717) is 6.61 Å². The lowest BCUT2D eigenvalue weighted by atomic mass is 9.86. The van der Waals surface area contributed by atoms with Crippen molar-refractivity contribution >= 4 is 11.4 Å². The maximum atomic E-state index is 5.70. The van der Waals surface area contributed by atoms with Crippen LogP contribution in [0.5, 0.6) is 0 Å². The highest BCUT2D eigenvalue weighted by atomic mass is 16.6. The number of aryl methyl sites for hydroxylation is 1. The summed E-state index contributed by atoms with van der Waals surface area (Å²) in [5.74, 6) is 0. The Hall–Kier alpha value is -2.62. The number of nitrogens with zero attached hydrogens (tertiary/aromatic N) is 2. The Morgan fingerprint density at radius 1 is 0.963 bits per heavy atom. The molecule has 27 heavy (non-hydrogen) atoms. The van der Waals surface area contributed by atoms with Crippen molar-refractivity contribution in [3.8, 4) is 0 Å². The Balaban J connectivity index is 2.20. The quantitative estimate of drug-likeness (QED) is 0.493. The van der Waals surface area contributed by atoms with Crippen molar-refractivity contribution in [2.75, 3.05) is 7.11 Å². The van der Waals surface area contributed by atoms with Crippen molar-refractivity contribution in [2.45, 2.75) is 53.6 Å². The third kappa shape index (κ3) is 5.43. The molecule has 0 aliphatic rings. The van der Waals surface area contributed by atoms with Crippen LogP contribution >= 0.6 is 0 Å². The van der Waals surface area contributed by atoms with Gasteiger partial charge in [-0.25, -0.2) is 0 Å². The molecule has 0 N–H and O–H groups in total. The summed E-state index contributed by atoms with van der Waals surface area (Å²) in [6.45, 7) is 13.0. The van der Waals surface area contributed by atoms with Crippen LogP contribution in [0.25, 0.3) is 0 Å². The van der Waals surface area contributed by atoms with Crippen LogP contribution in [0.15, 0.2) is 52.8 Å². The molecule has 0 unspecified atom stereocenters. The van der Waals surface area contributed by atoms with Gasteiger partial charge in [0, 0.05) is 11.1 Å². The Kier molecular flexibility index (Phi) is 6.78. The lowest BCUT2D eigenvalue weighted by Gasteiger charge is -2.19. The molecule has 0 fully saturated rings. The van der Waals surface area contributed by atoms with Gasteiger partial charge in [0.15, 0.2) is 0 Å². The zero-order chi connectivity index (χ0) is 20.0. The lowest BCUT2D eigenvalue weighted by Crippen LogP contribution is -2.12. The summed E-state index contributed by atoms with van der Waals surface area (Å²) in [5.41, 5.74) is 7.35. The van der Waals surface area contributed by atoms with Gasteiger partial charge < -0.3 is 9.68 Å². The van der Waals surface area contributed by atoms with Gasteiger partial charge in [-0.15, -0.1) is 0 Å². The van der Waals surface area contributed by atoms with Gasteiger partial charge in [0.2, 0.25) is 0 Å². The van der Waals surface area contributed by atoms with Crippen LogP contribution < -0.4 is 0 Å². The van der Waals surface area contributed by atoms with Gasteiger partial charge in [-0.2, -0.15) is 0 Å². The van der Waals surface area contributed by atoms with Crippen LogP contribution in [0, 0.1) is 6.92 Å². The molecule has 2 aromatic carbocycles. The molecule has 0 aromatic heterocycles. The fourth-order valence-corrected chi connectivity index (χ4v) is 2.88. The highest BCUT2D eigenvalue weighted by Crippen LogP contribution is 2.23.